The van der Waals surface area contributed by atoms with Gasteiger partial charge in [-0.1, -0.05) is 49.8 Å². The highest BCUT2D eigenvalue weighted by atomic mass is 15.0. The highest BCUT2D eigenvalue weighted by Crippen LogP contribution is 2.25. The molecule has 0 radical (unpaired) electrons. The lowest BCUT2D eigenvalue weighted by Gasteiger charge is -2.12. The van der Waals surface area contributed by atoms with Crippen molar-refractivity contribution in [3.05, 3.63) is 52.8 Å². The molecule has 0 saturated carbocycles. The highest BCUT2D eigenvalue weighted by molar-refractivity contribution is 5.42. The van der Waals surface area contributed by atoms with Gasteiger partial charge in [0.1, 0.15) is 0 Å². The van der Waals surface area contributed by atoms with Crippen molar-refractivity contribution in [1.29, 1.82) is 0 Å². The Morgan fingerprint density at radius 2 is 1.32 bits per heavy atom. The van der Waals surface area contributed by atoms with Crippen LogP contribution in [0.25, 0.3) is 5.69 Å². The third-order valence-corrected chi connectivity index (χ3v) is 5.10. The van der Waals surface area contributed by atoms with Gasteiger partial charge in [-0.2, -0.15) is 0 Å². The zero-order valence-electron chi connectivity index (χ0n) is 14.2. The van der Waals surface area contributed by atoms with Gasteiger partial charge in [-0.05, 0) is 63.3 Å². The second-order valence-electron chi connectivity index (χ2n) is 6.89. The molecule has 0 atom stereocenters. The van der Waals surface area contributed by atoms with Crippen LogP contribution < -0.4 is 0 Å². The summed E-state index contributed by atoms with van der Waals surface area (Å²) in [5.41, 5.74) is 7.20. The molecule has 1 heterocycles. The van der Waals surface area contributed by atoms with E-state index >= 15 is 0 Å². The van der Waals surface area contributed by atoms with Crippen LogP contribution >= 0.6 is 0 Å². The van der Waals surface area contributed by atoms with E-state index in [0.717, 1.165) is 0 Å². The second kappa shape index (κ2) is 7.17. The Kier molecular flexibility index (Phi) is 5.02. The summed E-state index contributed by atoms with van der Waals surface area (Å²) in [5.74, 6) is 0. The lowest BCUT2D eigenvalue weighted by atomic mass is 10.0. The second-order valence-corrected chi connectivity index (χ2v) is 6.89. The molecule has 2 bridgehead atoms. The average molecular weight is 295 g/mol. The van der Waals surface area contributed by atoms with E-state index in [9.17, 15) is 0 Å². The number of hydrogen-bond acceptors (Lipinski definition) is 0. The van der Waals surface area contributed by atoms with E-state index in [1.807, 2.05) is 0 Å². The molecule has 1 aliphatic rings. The summed E-state index contributed by atoms with van der Waals surface area (Å²) in [6.07, 6.45) is 12.2. The van der Waals surface area contributed by atoms with Gasteiger partial charge in [0.25, 0.3) is 0 Å². The van der Waals surface area contributed by atoms with Crippen LogP contribution in [0.1, 0.15) is 67.5 Å². The van der Waals surface area contributed by atoms with Crippen molar-refractivity contribution >= 4 is 0 Å². The molecule has 118 valence electrons. The lowest BCUT2D eigenvalue weighted by molar-refractivity contribution is 0.575. The fourth-order valence-electron chi connectivity index (χ4n) is 3.72. The van der Waals surface area contributed by atoms with Crippen molar-refractivity contribution in [2.24, 2.45) is 0 Å². The Morgan fingerprint density at radius 3 is 2.00 bits per heavy atom. The molecule has 1 aliphatic carbocycles. The normalized spacial score (nSPS) is 16.8. The summed E-state index contributed by atoms with van der Waals surface area (Å²) < 4.78 is 2.51. The van der Waals surface area contributed by atoms with E-state index in [1.54, 1.807) is 5.56 Å². The first-order valence-corrected chi connectivity index (χ1v) is 9.03. The molecule has 0 amide bonds. The summed E-state index contributed by atoms with van der Waals surface area (Å²) in [4.78, 5) is 0. The number of fused-ring (bicyclic) bond motifs is 2. The van der Waals surface area contributed by atoms with Crippen molar-refractivity contribution < 1.29 is 0 Å². The van der Waals surface area contributed by atoms with Crippen molar-refractivity contribution in [3.63, 3.8) is 0 Å². The first-order valence-electron chi connectivity index (χ1n) is 9.03. The SMILES string of the molecule is Cc1ccc(-n2c3cc(c2C)CCCCCCCCC3)cc1. The Bertz CT molecular complexity index is 604. The first kappa shape index (κ1) is 15.4. The fourth-order valence-corrected chi connectivity index (χ4v) is 3.72. The molecule has 3 rings (SSSR count). The summed E-state index contributed by atoms with van der Waals surface area (Å²) in [6, 6.07) is 11.5. The minimum Gasteiger partial charge on any atom is -0.318 e. The zero-order chi connectivity index (χ0) is 15.4. The van der Waals surface area contributed by atoms with Crippen LogP contribution in [0, 0.1) is 13.8 Å². The van der Waals surface area contributed by atoms with Crippen molar-refractivity contribution in [3.8, 4) is 5.69 Å². The molecule has 1 nitrogen and oxygen atoms in total. The summed E-state index contributed by atoms with van der Waals surface area (Å²) in [5, 5.41) is 0. The highest BCUT2D eigenvalue weighted by Gasteiger charge is 2.13. The minimum atomic E-state index is 1.22. The Hall–Kier alpha value is -1.50. The van der Waals surface area contributed by atoms with E-state index in [4.69, 9.17) is 0 Å². The van der Waals surface area contributed by atoms with Crippen molar-refractivity contribution in [1.82, 2.24) is 4.57 Å². The third-order valence-electron chi connectivity index (χ3n) is 5.10. The molecule has 0 fully saturated rings. The van der Waals surface area contributed by atoms with Crippen LogP contribution in [0.2, 0.25) is 0 Å². The first-order chi connectivity index (χ1) is 10.8. The van der Waals surface area contributed by atoms with Crippen LogP contribution in [0.15, 0.2) is 30.3 Å². The van der Waals surface area contributed by atoms with Gasteiger partial charge in [0.15, 0.2) is 0 Å². The predicted octanol–water partition coefficient (Wildman–Crippen LogP) is 5.92. The molecule has 0 spiro atoms. The molecule has 0 N–H and O–H groups in total. The molecular weight excluding hydrogens is 266 g/mol. The number of rotatable bonds is 1. The monoisotopic (exact) mass is 295 g/mol. The van der Waals surface area contributed by atoms with E-state index in [2.05, 4.69) is 48.7 Å². The Balaban J connectivity index is 1.95. The Labute approximate surface area is 135 Å². The predicted molar refractivity (Wildman–Crippen MR) is 95.0 cm³/mol. The maximum Gasteiger partial charge on any atom is 0.0455 e. The average Bonchev–Trinajstić information content (AvgIpc) is 2.81. The smallest absolute Gasteiger partial charge is 0.0455 e. The van der Waals surface area contributed by atoms with Crippen LogP contribution in [0.5, 0.6) is 0 Å². The van der Waals surface area contributed by atoms with Gasteiger partial charge in [-0.25, -0.2) is 0 Å². The van der Waals surface area contributed by atoms with E-state index < -0.39 is 0 Å². The van der Waals surface area contributed by atoms with Gasteiger partial charge in [0.2, 0.25) is 0 Å². The fraction of sp³-hybridized carbons (Fsp3) is 0.524. The van der Waals surface area contributed by atoms with Gasteiger partial charge < -0.3 is 4.57 Å². The van der Waals surface area contributed by atoms with E-state index in [1.165, 1.54) is 80.4 Å². The lowest BCUT2D eigenvalue weighted by Crippen LogP contribution is -2.02. The molecule has 2 aromatic rings. The number of nitrogens with zero attached hydrogens (tertiary/aromatic N) is 1. The molecule has 1 aromatic heterocycles. The van der Waals surface area contributed by atoms with E-state index in [0.29, 0.717) is 0 Å². The summed E-state index contributed by atoms with van der Waals surface area (Å²) in [6.45, 7) is 4.46. The summed E-state index contributed by atoms with van der Waals surface area (Å²) >= 11 is 0. The van der Waals surface area contributed by atoms with Gasteiger partial charge in [-0.3, -0.25) is 0 Å². The Morgan fingerprint density at radius 1 is 0.727 bits per heavy atom. The van der Waals surface area contributed by atoms with E-state index in [-0.39, 0.29) is 0 Å². The van der Waals surface area contributed by atoms with Gasteiger partial charge in [-0.15, -0.1) is 0 Å². The zero-order valence-corrected chi connectivity index (χ0v) is 14.2. The van der Waals surface area contributed by atoms with Crippen molar-refractivity contribution in [2.45, 2.75) is 71.6 Å². The number of aryl methyl sites for hydroxylation is 3. The van der Waals surface area contributed by atoms with Crippen LogP contribution in [-0.4, -0.2) is 4.57 Å². The molecular formula is C21H29N. The minimum absolute atomic E-state index is 1.22. The maximum absolute atomic E-state index is 2.51. The molecule has 1 aromatic carbocycles. The van der Waals surface area contributed by atoms with Crippen molar-refractivity contribution in [2.75, 3.05) is 0 Å². The summed E-state index contributed by atoms with van der Waals surface area (Å²) in [7, 11) is 0. The molecule has 1 heteroatoms. The molecule has 22 heavy (non-hydrogen) atoms. The maximum atomic E-state index is 2.51. The number of benzene rings is 1. The van der Waals surface area contributed by atoms with Gasteiger partial charge in [0.05, 0.1) is 0 Å². The number of aromatic nitrogens is 1. The quantitative estimate of drug-likeness (QED) is 0.615. The molecule has 0 unspecified atom stereocenters. The largest absolute Gasteiger partial charge is 0.318 e. The topological polar surface area (TPSA) is 4.93 Å². The van der Waals surface area contributed by atoms with Gasteiger partial charge >= 0.3 is 0 Å². The van der Waals surface area contributed by atoms with Crippen LogP contribution in [0.4, 0.5) is 0 Å². The van der Waals surface area contributed by atoms with Crippen LogP contribution in [0.3, 0.4) is 0 Å². The molecule has 0 saturated heterocycles. The standard InChI is InChI=1S/C21H29N/c1-17-12-14-20(15-13-17)22-18(2)19-10-8-6-4-3-5-7-9-11-21(22)16-19/h12-16H,3-11H2,1-2H3. The number of hydrogen-bond donors (Lipinski definition) is 0. The third kappa shape index (κ3) is 3.45. The van der Waals surface area contributed by atoms with Crippen LogP contribution in [-0.2, 0) is 12.8 Å². The molecule has 0 aliphatic heterocycles. The van der Waals surface area contributed by atoms with Gasteiger partial charge in [0, 0.05) is 17.1 Å².